The third kappa shape index (κ3) is 4.92. The van der Waals surface area contributed by atoms with Crippen molar-refractivity contribution in [1.29, 1.82) is 0 Å². The summed E-state index contributed by atoms with van der Waals surface area (Å²) >= 11 is 1.21. The molecule has 0 saturated heterocycles. The van der Waals surface area contributed by atoms with Gasteiger partial charge in [0.25, 0.3) is 17.7 Å². The van der Waals surface area contributed by atoms with Crippen molar-refractivity contribution >= 4 is 28.4 Å². The van der Waals surface area contributed by atoms with Gasteiger partial charge >= 0.3 is 6.16 Å². The highest BCUT2D eigenvalue weighted by molar-refractivity contribution is 7.17. The van der Waals surface area contributed by atoms with Crippen molar-refractivity contribution < 1.29 is 33.1 Å². The molecule has 1 fully saturated rings. The van der Waals surface area contributed by atoms with Gasteiger partial charge in [-0.1, -0.05) is 11.2 Å². The van der Waals surface area contributed by atoms with E-state index in [1.165, 1.54) is 11.3 Å². The molecular weight excluding hydrogens is 432 g/mol. The van der Waals surface area contributed by atoms with Crippen LogP contribution >= 0.6 is 11.3 Å². The first kappa shape index (κ1) is 21.4. The second-order valence-electron chi connectivity index (χ2n) is 7.83. The molecule has 2 aromatic rings. The van der Waals surface area contributed by atoms with Gasteiger partial charge < -0.3 is 20.1 Å². The van der Waals surface area contributed by atoms with Crippen LogP contribution in [0.3, 0.4) is 0 Å². The van der Waals surface area contributed by atoms with Crippen LogP contribution in [-0.2, 0) is 17.6 Å². The molecule has 2 aromatic heterocycles. The summed E-state index contributed by atoms with van der Waals surface area (Å²) in [4.78, 5) is 26.2. The van der Waals surface area contributed by atoms with Gasteiger partial charge in [-0.25, -0.2) is 13.6 Å². The molecule has 3 aliphatic carbocycles. The number of carboxylic acid groups (broad SMARTS) is 2. The van der Waals surface area contributed by atoms with E-state index in [0.717, 1.165) is 43.2 Å². The molecule has 2 heterocycles. The number of carbonyl (C=O) groups excluding carboxylic acids is 1. The van der Waals surface area contributed by atoms with E-state index in [1.807, 2.05) is 6.08 Å². The second-order valence-corrected chi connectivity index (χ2v) is 8.94. The number of hydrogen-bond acceptors (Lipinski definition) is 6. The van der Waals surface area contributed by atoms with Crippen LogP contribution in [0.4, 0.5) is 18.6 Å². The predicted octanol–water partition coefficient (Wildman–Crippen LogP) is 5.07. The van der Waals surface area contributed by atoms with Gasteiger partial charge in [-0.2, -0.15) is 4.98 Å². The topological polar surface area (TPSA) is 126 Å². The summed E-state index contributed by atoms with van der Waals surface area (Å²) in [6.07, 6.45) is 4.55. The number of thiophene rings is 1. The largest absolute Gasteiger partial charge is 0.503 e. The SMILES string of the molecule is O=C(Nc1sc2c(c1-c1nc(C3CC3)no1)CCC(F)(F)C2)C1=CCCC1.O=C(O)O. The van der Waals surface area contributed by atoms with Gasteiger partial charge in [-0.3, -0.25) is 4.79 Å². The maximum Gasteiger partial charge on any atom is 0.503 e. The molecule has 3 N–H and O–H groups in total. The Bertz CT molecular complexity index is 1040. The second kappa shape index (κ2) is 8.37. The van der Waals surface area contributed by atoms with E-state index in [4.69, 9.17) is 19.5 Å². The van der Waals surface area contributed by atoms with Crippen molar-refractivity contribution in [3.05, 3.63) is 27.9 Å². The lowest BCUT2D eigenvalue weighted by Crippen LogP contribution is -2.24. The van der Waals surface area contributed by atoms with E-state index in [0.29, 0.717) is 33.1 Å². The highest BCUT2D eigenvalue weighted by Crippen LogP contribution is 2.48. The minimum Gasteiger partial charge on any atom is -0.450 e. The first-order chi connectivity index (χ1) is 14.7. The van der Waals surface area contributed by atoms with Crippen LogP contribution in [0.2, 0.25) is 0 Å². The molecule has 5 rings (SSSR count). The number of nitrogens with one attached hydrogen (secondary N) is 1. The number of carbonyl (C=O) groups is 2. The van der Waals surface area contributed by atoms with E-state index in [-0.39, 0.29) is 25.2 Å². The molecule has 166 valence electrons. The first-order valence-electron chi connectivity index (χ1n) is 10.0. The zero-order chi connectivity index (χ0) is 22.2. The summed E-state index contributed by atoms with van der Waals surface area (Å²) in [5, 5.41) is 21.5. The van der Waals surface area contributed by atoms with Crippen LogP contribution < -0.4 is 5.32 Å². The van der Waals surface area contributed by atoms with Crippen molar-refractivity contribution in [3.63, 3.8) is 0 Å². The van der Waals surface area contributed by atoms with E-state index in [1.54, 1.807) is 0 Å². The number of aromatic nitrogens is 2. The number of amides is 1. The van der Waals surface area contributed by atoms with Gasteiger partial charge in [-0.05, 0) is 44.1 Å². The molecule has 8 nitrogen and oxygen atoms in total. The molecule has 0 atom stereocenters. The van der Waals surface area contributed by atoms with Crippen molar-refractivity contribution in [3.8, 4) is 11.5 Å². The number of halogens is 2. The van der Waals surface area contributed by atoms with E-state index in [9.17, 15) is 13.6 Å². The molecule has 0 spiro atoms. The number of nitrogens with zero attached hydrogens (tertiary/aromatic N) is 2. The maximum atomic E-state index is 13.9. The van der Waals surface area contributed by atoms with Crippen LogP contribution in [-0.4, -0.2) is 38.3 Å². The summed E-state index contributed by atoms with van der Waals surface area (Å²) in [5.41, 5.74) is 2.20. The number of anilines is 1. The molecule has 0 aromatic carbocycles. The minimum absolute atomic E-state index is 0.166. The lowest BCUT2D eigenvalue weighted by atomic mass is 9.92. The first-order valence-corrected chi connectivity index (χ1v) is 10.8. The smallest absolute Gasteiger partial charge is 0.450 e. The molecular formula is C20H21F2N3O5S. The van der Waals surface area contributed by atoms with Gasteiger partial charge in [0.05, 0.1) is 5.56 Å². The summed E-state index contributed by atoms with van der Waals surface area (Å²) in [7, 11) is 0. The number of fused-ring (bicyclic) bond motifs is 1. The lowest BCUT2D eigenvalue weighted by Gasteiger charge is -2.21. The van der Waals surface area contributed by atoms with Gasteiger partial charge in [0.1, 0.15) is 5.00 Å². The van der Waals surface area contributed by atoms with Crippen molar-refractivity contribution in [2.75, 3.05) is 5.32 Å². The van der Waals surface area contributed by atoms with Crippen LogP contribution in [0, 0.1) is 0 Å². The fraction of sp³-hybridized carbons (Fsp3) is 0.500. The zero-order valence-corrected chi connectivity index (χ0v) is 17.3. The third-order valence-corrected chi connectivity index (χ3v) is 6.56. The standard InChI is InChI=1S/C19H19F2N3O2S.CH2O3/c20-19(21)8-7-12-13(9-19)27-18(23-16(25)11-3-1-2-4-11)14(12)17-22-15(24-26-17)10-5-6-10;2-1(3)4/h3,10H,1-2,4-9H2,(H,23,25);(H2,2,3,4). The number of alkyl halides is 2. The Morgan fingerprint density at radius 3 is 2.65 bits per heavy atom. The maximum absolute atomic E-state index is 13.9. The van der Waals surface area contributed by atoms with E-state index in [2.05, 4.69) is 15.5 Å². The van der Waals surface area contributed by atoms with Crippen LogP contribution in [0.5, 0.6) is 0 Å². The Kier molecular flexibility index (Phi) is 5.78. The Hall–Kier alpha value is -2.82. The quantitative estimate of drug-likeness (QED) is 0.590. The highest BCUT2D eigenvalue weighted by atomic mass is 32.1. The van der Waals surface area contributed by atoms with Gasteiger partial charge in [0.15, 0.2) is 5.82 Å². The Labute approximate surface area is 180 Å². The Balaban J connectivity index is 0.000000535. The molecule has 0 aliphatic heterocycles. The fourth-order valence-electron chi connectivity index (χ4n) is 3.77. The third-order valence-electron chi connectivity index (χ3n) is 5.41. The predicted molar refractivity (Wildman–Crippen MR) is 108 cm³/mol. The van der Waals surface area contributed by atoms with Crippen molar-refractivity contribution in [2.45, 2.75) is 63.2 Å². The average molecular weight is 453 g/mol. The van der Waals surface area contributed by atoms with Gasteiger partial charge in [0, 0.05) is 29.2 Å². The summed E-state index contributed by atoms with van der Waals surface area (Å²) in [6.45, 7) is 0. The summed E-state index contributed by atoms with van der Waals surface area (Å²) in [5.74, 6) is -1.54. The summed E-state index contributed by atoms with van der Waals surface area (Å²) < 4.78 is 33.3. The molecule has 1 amide bonds. The summed E-state index contributed by atoms with van der Waals surface area (Å²) in [6, 6.07) is 0. The molecule has 3 aliphatic rings. The normalized spacial score (nSPS) is 19.1. The number of allylic oxidation sites excluding steroid dienone is 1. The van der Waals surface area contributed by atoms with Crippen molar-refractivity contribution in [2.24, 2.45) is 0 Å². The van der Waals surface area contributed by atoms with E-state index >= 15 is 0 Å². The Morgan fingerprint density at radius 1 is 1.26 bits per heavy atom. The molecule has 0 bridgehead atoms. The zero-order valence-electron chi connectivity index (χ0n) is 16.5. The monoisotopic (exact) mass is 453 g/mol. The molecule has 0 radical (unpaired) electrons. The molecule has 31 heavy (non-hydrogen) atoms. The average Bonchev–Trinajstić information content (AvgIpc) is 3.07. The van der Waals surface area contributed by atoms with E-state index < -0.39 is 12.1 Å². The molecule has 0 unspecified atom stereocenters. The van der Waals surface area contributed by atoms with Crippen LogP contribution in [0.1, 0.15) is 60.7 Å². The van der Waals surface area contributed by atoms with Gasteiger partial charge in [-0.15, -0.1) is 11.3 Å². The number of hydrogen-bond donors (Lipinski definition) is 3. The minimum atomic E-state index is -2.71. The highest BCUT2D eigenvalue weighted by Gasteiger charge is 2.39. The fourth-order valence-corrected chi connectivity index (χ4v) is 5.08. The number of rotatable bonds is 4. The van der Waals surface area contributed by atoms with Crippen LogP contribution in [0.15, 0.2) is 16.2 Å². The lowest BCUT2D eigenvalue weighted by molar-refractivity contribution is -0.112. The Morgan fingerprint density at radius 2 is 2.00 bits per heavy atom. The van der Waals surface area contributed by atoms with Gasteiger partial charge in [0.2, 0.25) is 0 Å². The van der Waals surface area contributed by atoms with Crippen LogP contribution in [0.25, 0.3) is 11.5 Å². The molecule has 1 saturated carbocycles. The van der Waals surface area contributed by atoms with Crippen molar-refractivity contribution in [1.82, 2.24) is 10.1 Å². The molecule has 11 heteroatoms.